The molecule has 146 valence electrons. The summed E-state index contributed by atoms with van der Waals surface area (Å²) in [6.07, 6.45) is 4.48. The molecule has 0 bridgehead atoms. The SMILES string of the molecule is CCC1CCc2c(C(=O)Nc3nnc(SCc4ccc(Cl)cc4)s3)csc2C1. The van der Waals surface area contributed by atoms with Crippen LogP contribution in [0.15, 0.2) is 34.0 Å². The van der Waals surface area contributed by atoms with Gasteiger partial charge >= 0.3 is 0 Å². The zero-order valence-corrected chi connectivity index (χ0v) is 18.6. The Balaban J connectivity index is 1.37. The summed E-state index contributed by atoms with van der Waals surface area (Å²) in [5.74, 6) is 1.47. The summed E-state index contributed by atoms with van der Waals surface area (Å²) in [5.41, 5.74) is 3.21. The van der Waals surface area contributed by atoms with Crippen molar-refractivity contribution in [1.82, 2.24) is 10.2 Å². The first-order chi connectivity index (χ1) is 13.6. The highest BCUT2D eigenvalue weighted by atomic mass is 35.5. The maximum atomic E-state index is 12.7. The number of aromatic nitrogens is 2. The quantitative estimate of drug-likeness (QED) is 0.353. The van der Waals surface area contributed by atoms with Crippen molar-refractivity contribution in [3.8, 4) is 0 Å². The van der Waals surface area contributed by atoms with Crippen LogP contribution in [0, 0.1) is 5.92 Å². The minimum absolute atomic E-state index is 0.0714. The summed E-state index contributed by atoms with van der Waals surface area (Å²) in [6.45, 7) is 2.24. The van der Waals surface area contributed by atoms with Gasteiger partial charge in [-0.1, -0.05) is 60.2 Å². The molecule has 28 heavy (non-hydrogen) atoms. The molecule has 0 fully saturated rings. The van der Waals surface area contributed by atoms with Crippen molar-refractivity contribution in [3.05, 3.63) is 56.2 Å². The van der Waals surface area contributed by atoms with Crippen molar-refractivity contribution in [2.24, 2.45) is 5.92 Å². The molecule has 0 saturated heterocycles. The van der Waals surface area contributed by atoms with E-state index in [0.29, 0.717) is 5.13 Å². The second kappa shape index (κ2) is 8.95. The lowest BCUT2D eigenvalue weighted by Crippen LogP contribution is -2.17. The molecule has 3 aromatic rings. The Morgan fingerprint density at radius 1 is 1.32 bits per heavy atom. The largest absolute Gasteiger partial charge is 0.296 e. The van der Waals surface area contributed by atoms with Crippen LogP contribution in [-0.4, -0.2) is 16.1 Å². The molecule has 4 rings (SSSR count). The number of nitrogens with one attached hydrogen (secondary N) is 1. The lowest BCUT2D eigenvalue weighted by Gasteiger charge is -2.21. The van der Waals surface area contributed by atoms with Crippen LogP contribution in [0.3, 0.4) is 0 Å². The van der Waals surface area contributed by atoms with Gasteiger partial charge in [0, 0.05) is 21.0 Å². The molecule has 2 aromatic heterocycles. The van der Waals surface area contributed by atoms with E-state index in [-0.39, 0.29) is 5.91 Å². The summed E-state index contributed by atoms with van der Waals surface area (Å²) in [5, 5.41) is 14.5. The Morgan fingerprint density at radius 3 is 2.93 bits per heavy atom. The molecular weight excluding hydrogens is 430 g/mol. The second-order valence-corrected chi connectivity index (χ2v) is 10.4. The number of benzene rings is 1. The number of halogens is 1. The van der Waals surface area contributed by atoms with E-state index in [0.717, 1.165) is 39.4 Å². The van der Waals surface area contributed by atoms with Gasteiger partial charge in [0.2, 0.25) is 5.13 Å². The maximum absolute atomic E-state index is 12.7. The molecule has 0 spiro atoms. The summed E-state index contributed by atoms with van der Waals surface area (Å²) < 4.78 is 0.836. The third kappa shape index (κ3) is 4.59. The minimum atomic E-state index is -0.0714. The highest BCUT2D eigenvalue weighted by Gasteiger charge is 2.24. The van der Waals surface area contributed by atoms with E-state index >= 15 is 0 Å². The Labute approximate surface area is 181 Å². The number of carbonyl (C=O) groups excluding carboxylic acids is 1. The average Bonchev–Trinajstić information content (AvgIpc) is 3.33. The molecule has 1 unspecified atom stereocenters. The lowest BCUT2D eigenvalue weighted by molar-refractivity contribution is 0.102. The molecule has 8 heteroatoms. The molecule has 4 nitrogen and oxygen atoms in total. The normalized spacial score (nSPS) is 16.0. The number of nitrogens with zero attached hydrogens (tertiary/aromatic N) is 2. The van der Waals surface area contributed by atoms with Crippen LogP contribution in [0.4, 0.5) is 5.13 Å². The van der Waals surface area contributed by atoms with E-state index < -0.39 is 0 Å². The molecule has 1 aliphatic carbocycles. The first kappa shape index (κ1) is 19.9. The number of rotatable bonds is 6. The van der Waals surface area contributed by atoms with Gasteiger partial charge in [-0.2, -0.15) is 0 Å². The topological polar surface area (TPSA) is 54.9 Å². The maximum Gasteiger partial charge on any atom is 0.258 e. The summed E-state index contributed by atoms with van der Waals surface area (Å²) in [4.78, 5) is 14.1. The fraction of sp³-hybridized carbons (Fsp3) is 0.350. The average molecular weight is 450 g/mol. The van der Waals surface area contributed by atoms with Crippen molar-refractivity contribution in [2.45, 2.75) is 42.7 Å². The number of thiophene rings is 1. The van der Waals surface area contributed by atoms with Crippen LogP contribution in [0.2, 0.25) is 5.02 Å². The molecule has 1 aromatic carbocycles. The van der Waals surface area contributed by atoms with Gasteiger partial charge in [0.25, 0.3) is 5.91 Å². The Morgan fingerprint density at radius 2 is 2.14 bits per heavy atom. The number of anilines is 1. The molecule has 1 atom stereocenters. The van der Waals surface area contributed by atoms with Crippen molar-refractivity contribution in [2.75, 3.05) is 5.32 Å². The molecule has 0 saturated carbocycles. The molecular formula is C20H20ClN3OS3. The summed E-state index contributed by atoms with van der Waals surface area (Å²) >= 11 is 10.6. The predicted molar refractivity (Wildman–Crippen MR) is 119 cm³/mol. The van der Waals surface area contributed by atoms with Crippen LogP contribution in [-0.2, 0) is 18.6 Å². The summed E-state index contributed by atoms with van der Waals surface area (Å²) in [7, 11) is 0. The van der Waals surface area contributed by atoms with Crippen LogP contribution >= 0.6 is 46.0 Å². The lowest BCUT2D eigenvalue weighted by atomic mass is 9.86. The van der Waals surface area contributed by atoms with E-state index in [2.05, 4.69) is 22.4 Å². The first-order valence-electron chi connectivity index (χ1n) is 9.23. The van der Waals surface area contributed by atoms with Gasteiger partial charge in [0.1, 0.15) is 0 Å². The molecule has 0 aliphatic heterocycles. The zero-order chi connectivity index (χ0) is 19.5. The minimum Gasteiger partial charge on any atom is -0.296 e. The van der Waals surface area contributed by atoms with Gasteiger partial charge in [0.05, 0.1) is 5.56 Å². The standard InChI is InChI=1S/C20H20ClN3OS3/c1-2-12-5-8-15-16(11-26-17(15)9-12)18(25)22-19-23-24-20(28-19)27-10-13-3-6-14(21)7-4-13/h3-4,6-7,11-12H,2,5,8-10H2,1H3,(H,22,23,25). The highest BCUT2D eigenvalue weighted by Crippen LogP contribution is 2.35. The smallest absolute Gasteiger partial charge is 0.258 e. The summed E-state index contributed by atoms with van der Waals surface area (Å²) in [6, 6.07) is 7.77. The third-order valence-electron chi connectivity index (χ3n) is 4.98. The van der Waals surface area contributed by atoms with E-state index in [4.69, 9.17) is 11.6 Å². The van der Waals surface area contributed by atoms with Gasteiger partial charge in [-0.15, -0.1) is 21.5 Å². The third-order valence-corrected chi connectivity index (χ3v) is 8.33. The number of hydrogen-bond donors (Lipinski definition) is 1. The first-order valence-corrected chi connectivity index (χ1v) is 12.3. The fourth-order valence-electron chi connectivity index (χ4n) is 3.33. The molecule has 2 heterocycles. The number of fused-ring (bicyclic) bond motifs is 1. The van der Waals surface area contributed by atoms with Gasteiger partial charge in [-0.3, -0.25) is 10.1 Å². The van der Waals surface area contributed by atoms with E-state index in [1.165, 1.54) is 40.2 Å². The molecule has 0 radical (unpaired) electrons. The molecule has 1 aliphatic rings. The Bertz CT molecular complexity index is 967. The van der Waals surface area contributed by atoms with Crippen LogP contribution in [0.1, 0.15) is 46.1 Å². The fourth-order valence-corrected chi connectivity index (χ4v) is 6.35. The van der Waals surface area contributed by atoms with Gasteiger partial charge in [0.15, 0.2) is 4.34 Å². The zero-order valence-electron chi connectivity index (χ0n) is 15.4. The number of carbonyl (C=O) groups is 1. The number of thioether (sulfide) groups is 1. The predicted octanol–water partition coefficient (Wildman–Crippen LogP) is 6.31. The molecule has 1 N–H and O–H groups in total. The van der Waals surface area contributed by atoms with Crippen molar-refractivity contribution in [1.29, 1.82) is 0 Å². The number of hydrogen-bond acceptors (Lipinski definition) is 6. The van der Waals surface area contributed by atoms with Crippen molar-refractivity contribution >= 4 is 57.1 Å². The van der Waals surface area contributed by atoms with E-state index in [1.54, 1.807) is 23.1 Å². The monoisotopic (exact) mass is 449 g/mol. The Kier molecular flexibility index (Phi) is 6.35. The van der Waals surface area contributed by atoms with E-state index in [1.807, 2.05) is 29.6 Å². The second-order valence-electron chi connectivity index (χ2n) is 6.81. The molecule has 1 amide bonds. The van der Waals surface area contributed by atoms with Crippen molar-refractivity contribution < 1.29 is 4.79 Å². The Hall–Kier alpha value is -1.41. The van der Waals surface area contributed by atoms with Crippen LogP contribution in [0.25, 0.3) is 0 Å². The van der Waals surface area contributed by atoms with Gasteiger partial charge < -0.3 is 0 Å². The van der Waals surface area contributed by atoms with Gasteiger partial charge in [-0.05, 0) is 48.4 Å². The van der Waals surface area contributed by atoms with E-state index in [9.17, 15) is 4.79 Å². The highest BCUT2D eigenvalue weighted by molar-refractivity contribution is 8.00. The van der Waals surface area contributed by atoms with Crippen molar-refractivity contribution in [3.63, 3.8) is 0 Å². The van der Waals surface area contributed by atoms with Gasteiger partial charge in [-0.25, -0.2) is 0 Å². The number of amides is 1. The van der Waals surface area contributed by atoms with Crippen LogP contribution in [0.5, 0.6) is 0 Å². The van der Waals surface area contributed by atoms with Crippen LogP contribution < -0.4 is 5.32 Å².